The molecule has 29 heavy (non-hydrogen) atoms. The zero-order chi connectivity index (χ0) is 20.7. The number of rotatable bonds is 6. The van der Waals surface area contributed by atoms with E-state index >= 15 is 0 Å². The molecular weight excluding hydrogens is 360 g/mol. The van der Waals surface area contributed by atoms with Crippen LogP contribution in [0.5, 0.6) is 0 Å². The minimum Gasteiger partial charge on any atom is -0.381 e. The summed E-state index contributed by atoms with van der Waals surface area (Å²) in [7, 11) is 1.86. The molecule has 0 aliphatic carbocycles. The van der Waals surface area contributed by atoms with Crippen LogP contribution in [-0.2, 0) is 16.6 Å². The molecule has 5 heteroatoms. The van der Waals surface area contributed by atoms with Crippen molar-refractivity contribution in [2.24, 2.45) is 4.99 Å². The van der Waals surface area contributed by atoms with E-state index in [1.165, 1.54) is 37.1 Å². The van der Waals surface area contributed by atoms with Crippen molar-refractivity contribution in [1.82, 2.24) is 15.5 Å². The van der Waals surface area contributed by atoms with Gasteiger partial charge in [0.1, 0.15) is 0 Å². The Kier molecular flexibility index (Phi) is 7.58. The van der Waals surface area contributed by atoms with E-state index in [0.29, 0.717) is 0 Å². The highest BCUT2D eigenvalue weighted by atomic mass is 16.5. The van der Waals surface area contributed by atoms with E-state index in [1.807, 2.05) is 7.05 Å². The summed E-state index contributed by atoms with van der Waals surface area (Å²) in [4.78, 5) is 7.14. The van der Waals surface area contributed by atoms with Crippen LogP contribution in [0.4, 0.5) is 0 Å². The standard InChI is InChI=1S/C24H40N4O/c1-23(2,3)21-9-7-20(8-10-21)11-14-26-22(25-4)27-19-24(12-17-29-18-13-24)28-15-5-6-16-28/h7-10H,5-6,11-19H2,1-4H3,(H2,25,26,27). The number of hydrogen-bond acceptors (Lipinski definition) is 3. The first-order chi connectivity index (χ1) is 13.9. The van der Waals surface area contributed by atoms with Gasteiger partial charge in [0.15, 0.2) is 5.96 Å². The highest BCUT2D eigenvalue weighted by molar-refractivity contribution is 5.79. The second kappa shape index (κ2) is 9.94. The molecule has 0 aromatic heterocycles. The Hall–Kier alpha value is -1.59. The summed E-state index contributed by atoms with van der Waals surface area (Å²) in [6, 6.07) is 9.02. The van der Waals surface area contributed by atoms with Gasteiger partial charge in [-0.2, -0.15) is 0 Å². The molecule has 2 saturated heterocycles. The van der Waals surface area contributed by atoms with Crippen LogP contribution in [0.3, 0.4) is 0 Å². The van der Waals surface area contributed by atoms with Crippen molar-refractivity contribution in [3.05, 3.63) is 35.4 Å². The summed E-state index contributed by atoms with van der Waals surface area (Å²) in [5, 5.41) is 7.11. The molecule has 0 amide bonds. The topological polar surface area (TPSA) is 48.9 Å². The van der Waals surface area contributed by atoms with Gasteiger partial charge in [0.25, 0.3) is 0 Å². The van der Waals surface area contributed by atoms with Crippen molar-refractivity contribution >= 4 is 5.96 Å². The molecule has 1 aromatic rings. The lowest BCUT2D eigenvalue weighted by atomic mass is 9.86. The van der Waals surface area contributed by atoms with Gasteiger partial charge in [-0.1, -0.05) is 45.0 Å². The first-order valence-electron chi connectivity index (χ1n) is 11.3. The summed E-state index contributed by atoms with van der Waals surface area (Å²) in [6.07, 6.45) is 5.86. The third-order valence-corrected chi connectivity index (χ3v) is 6.53. The lowest BCUT2D eigenvalue weighted by Crippen LogP contribution is -2.58. The van der Waals surface area contributed by atoms with Gasteiger partial charge in [-0.25, -0.2) is 0 Å². The quantitative estimate of drug-likeness (QED) is 0.568. The second-order valence-corrected chi connectivity index (χ2v) is 9.58. The van der Waals surface area contributed by atoms with Crippen molar-refractivity contribution < 1.29 is 4.74 Å². The summed E-state index contributed by atoms with van der Waals surface area (Å²) in [5.41, 5.74) is 3.17. The lowest BCUT2D eigenvalue weighted by Gasteiger charge is -2.45. The van der Waals surface area contributed by atoms with Crippen LogP contribution in [0.15, 0.2) is 29.3 Å². The van der Waals surface area contributed by atoms with Crippen molar-refractivity contribution in [1.29, 1.82) is 0 Å². The van der Waals surface area contributed by atoms with Gasteiger partial charge in [-0.3, -0.25) is 9.89 Å². The zero-order valence-electron chi connectivity index (χ0n) is 18.9. The minimum absolute atomic E-state index is 0.207. The molecule has 5 nitrogen and oxygen atoms in total. The van der Waals surface area contributed by atoms with E-state index in [9.17, 15) is 0 Å². The van der Waals surface area contributed by atoms with Crippen molar-refractivity contribution in [3.8, 4) is 0 Å². The number of ether oxygens (including phenoxy) is 1. The maximum absolute atomic E-state index is 5.66. The highest BCUT2D eigenvalue weighted by Gasteiger charge is 2.39. The normalized spacial score (nSPS) is 20.6. The molecule has 2 aliphatic rings. The SMILES string of the molecule is CN=C(NCCc1ccc(C(C)(C)C)cc1)NCC1(N2CCCC2)CCOCC1. The Labute approximate surface area is 177 Å². The van der Waals surface area contributed by atoms with Gasteiger partial charge in [0.2, 0.25) is 0 Å². The summed E-state index contributed by atoms with van der Waals surface area (Å²) < 4.78 is 5.66. The minimum atomic E-state index is 0.207. The molecule has 162 valence electrons. The maximum atomic E-state index is 5.66. The van der Waals surface area contributed by atoms with E-state index in [2.05, 4.69) is 65.6 Å². The molecule has 0 atom stereocenters. The monoisotopic (exact) mass is 400 g/mol. The number of hydrogen-bond donors (Lipinski definition) is 2. The number of nitrogens with zero attached hydrogens (tertiary/aromatic N) is 2. The Bertz CT molecular complexity index is 650. The first kappa shape index (κ1) is 22.1. The van der Waals surface area contributed by atoms with Gasteiger partial charge < -0.3 is 15.4 Å². The number of guanidine groups is 1. The van der Waals surface area contributed by atoms with Crippen molar-refractivity contribution in [3.63, 3.8) is 0 Å². The molecule has 0 radical (unpaired) electrons. The Morgan fingerprint density at radius 1 is 1.07 bits per heavy atom. The van der Waals surface area contributed by atoms with Crippen LogP contribution in [0.2, 0.25) is 0 Å². The molecule has 0 spiro atoms. The van der Waals surface area contributed by atoms with E-state index in [1.54, 1.807) is 0 Å². The number of nitrogens with one attached hydrogen (secondary N) is 2. The molecule has 3 rings (SSSR count). The third kappa shape index (κ3) is 5.95. The predicted octanol–water partition coefficient (Wildman–Crippen LogP) is 3.34. The number of benzene rings is 1. The molecule has 0 saturated carbocycles. The van der Waals surface area contributed by atoms with Crippen LogP contribution in [0, 0.1) is 0 Å². The zero-order valence-corrected chi connectivity index (χ0v) is 18.9. The van der Waals surface area contributed by atoms with Gasteiger partial charge in [0, 0.05) is 38.9 Å². The largest absolute Gasteiger partial charge is 0.381 e. The van der Waals surface area contributed by atoms with Crippen molar-refractivity contribution in [2.75, 3.05) is 46.4 Å². The predicted molar refractivity (Wildman–Crippen MR) is 122 cm³/mol. The summed E-state index contributed by atoms with van der Waals surface area (Å²) in [6.45, 7) is 12.8. The molecule has 2 aliphatic heterocycles. The van der Waals surface area contributed by atoms with Gasteiger partial charge in [-0.05, 0) is 61.7 Å². The van der Waals surface area contributed by atoms with Gasteiger partial charge >= 0.3 is 0 Å². The van der Waals surface area contributed by atoms with E-state index in [0.717, 1.165) is 51.5 Å². The summed E-state index contributed by atoms with van der Waals surface area (Å²) in [5.74, 6) is 0.904. The maximum Gasteiger partial charge on any atom is 0.191 e. The Balaban J connectivity index is 1.48. The smallest absolute Gasteiger partial charge is 0.191 e. The molecule has 0 unspecified atom stereocenters. The van der Waals surface area contributed by atoms with Crippen LogP contribution < -0.4 is 10.6 Å². The molecule has 2 heterocycles. The number of aliphatic imine (C=N–C) groups is 1. The van der Waals surface area contributed by atoms with E-state index in [-0.39, 0.29) is 11.0 Å². The second-order valence-electron chi connectivity index (χ2n) is 9.58. The third-order valence-electron chi connectivity index (χ3n) is 6.53. The average Bonchev–Trinajstić information content (AvgIpc) is 3.26. The molecular formula is C24H40N4O. The van der Waals surface area contributed by atoms with E-state index < -0.39 is 0 Å². The Morgan fingerprint density at radius 2 is 1.72 bits per heavy atom. The molecule has 2 fully saturated rings. The van der Waals surface area contributed by atoms with Crippen LogP contribution >= 0.6 is 0 Å². The molecule has 2 N–H and O–H groups in total. The lowest BCUT2D eigenvalue weighted by molar-refractivity contribution is -0.0164. The highest BCUT2D eigenvalue weighted by Crippen LogP contribution is 2.30. The summed E-state index contributed by atoms with van der Waals surface area (Å²) >= 11 is 0. The molecule has 0 bridgehead atoms. The fourth-order valence-corrected chi connectivity index (χ4v) is 4.51. The Morgan fingerprint density at radius 3 is 2.31 bits per heavy atom. The van der Waals surface area contributed by atoms with Gasteiger partial charge in [0.05, 0.1) is 0 Å². The van der Waals surface area contributed by atoms with Crippen molar-refractivity contribution in [2.45, 2.75) is 63.8 Å². The van der Waals surface area contributed by atoms with Gasteiger partial charge in [-0.15, -0.1) is 0 Å². The van der Waals surface area contributed by atoms with E-state index in [4.69, 9.17) is 4.74 Å². The fourth-order valence-electron chi connectivity index (χ4n) is 4.51. The van der Waals surface area contributed by atoms with Crippen LogP contribution in [0.25, 0.3) is 0 Å². The average molecular weight is 401 g/mol. The van der Waals surface area contributed by atoms with Crippen LogP contribution in [0.1, 0.15) is 57.6 Å². The van der Waals surface area contributed by atoms with Crippen LogP contribution in [-0.4, -0.2) is 62.8 Å². The first-order valence-corrected chi connectivity index (χ1v) is 11.3. The molecule has 1 aromatic carbocycles. The fraction of sp³-hybridized carbons (Fsp3) is 0.708. The number of likely N-dealkylation sites (tertiary alicyclic amines) is 1.